The molecule has 1 N–H and O–H groups in total. The summed E-state index contributed by atoms with van der Waals surface area (Å²) in [7, 11) is 0. The summed E-state index contributed by atoms with van der Waals surface area (Å²) >= 11 is 0. The van der Waals surface area contributed by atoms with E-state index in [2.05, 4.69) is 45.6 Å². The molecule has 0 atom stereocenters. The number of nitrogens with one attached hydrogen (secondary N) is 1. The lowest BCUT2D eigenvalue weighted by atomic mass is 9.96. The first kappa shape index (κ1) is 13.3. The van der Waals surface area contributed by atoms with Gasteiger partial charge in [0, 0.05) is 11.6 Å². The standard InChI is InChI=1S/C18H18N4/c19-11-17-21-16-8-4-3-7-15(16)18(22-17)20-14-9-12-5-1-2-6-13(12)10-14/h1-2,5-6,14H,3-4,7-10H2,(H,20,21,22). The number of benzene rings is 1. The summed E-state index contributed by atoms with van der Waals surface area (Å²) < 4.78 is 0. The number of hydrogen-bond acceptors (Lipinski definition) is 4. The molecule has 22 heavy (non-hydrogen) atoms. The molecule has 1 aromatic carbocycles. The molecule has 0 amide bonds. The van der Waals surface area contributed by atoms with Gasteiger partial charge in [0.25, 0.3) is 0 Å². The highest BCUT2D eigenvalue weighted by Gasteiger charge is 2.24. The highest BCUT2D eigenvalue weighted by molar-refractivity contribution is 5.51. The van der Waals surface area contributed by atoms with Gasteiger partial charge in [-0.1, -0.05) is 24.3 Å². The highest BCUT2D eigenvalue weighted by atomic mass is 15.1. The molecule has 1 heterocycles. The van der Waals surface area contributed by atoms with Crippen LogP contribution in [0.3, 0.4) is 0 Å². The fourth-order valence-electron chi connectivity index (χ4n) is 3.62. The van der Waals surface area contributed by atoms with Gasteiger partial charge in [-0.3, -0.25) is 0 Å². The third-order valence-corrected chi connectivity index (χ3v) is 4.67. The van der Waals surface area contributed by atoms with Crippen molar-refractivity contribution in [2.24, 2.45) is 0 Å². The smallest absolute Gasteiger partial charge is 0.234 e. The summed E-state index contributed by atoms with van der Waals surface area (Å²) in [6.45, 7) is 0. The largest absolute Gasteiger partial charge is 0.366 e. The Bertz CT molecular complexity index is 735. The third-order valence-electron chi connectivity index (χ3n) is 4.67. The van der Waals surface area contributed by atoms with Crippen molar-refractivity contribution >= 4 is 5.82 Å². The second kappa shape index (κ2) is 5.42. The molecule has 4 nitrogen and oxygen atoms in total. The van der Waals surface area contributed by atoms with Crippen LogP contribution in [0.1, 0.15) is 41.1 Å². The van der Waals surface area contributed by atoms with E-state index in [9.17, 15) is 0 Å². The Hall–Kier alpha value is -2.41. The average Bonchev–Trinajstić information content (AvgIpc) is 2.97. The first-order valence-corrected chi connectivity index (χ1v) is 7.96. The minimum absolute atomic E-state index is 0.290. The SMILES string of the molecule is N#Cc1nc2c(c(NC3Cc4ccccc4C3)n1)CCCC2. The van der Waals surface area contributed by atoms with Crippen molar-refractivity contribution in [1.82, 2.24) is 9.97 Å². The Kier molecular flexibility index (Phi) is 3.27. The van der Waals surface area contributed by atoms with E-state index in [1.165, 1.54) is 23.1 Å². The zero-order valence-corrected chi connectivity index (χ0v) is 12.5. The predicted octanol–water partition coefficient (Wildman–Crippen LogP) is 2.81. The van der Waals surface area contributed by atoms with Crippen LogP contribution in [0.4, 0.5) is 5.82 Å². The van der Waals surface area contributed by atoms with Crippen molar-refractivity contribution < 1.29 is 0 Å². The van der Waals surface area contributed by atoms with Gasteiger partial charge in [-0.25, -0.2) is 9.97 Å². The van der Waals surface area contributed by atoms with E-state index in [-0.39, 0.29) is 0 Å². The Morgan fingerprint density at radius 3 is 2.50 bits per heavy atom. The van der Waals surface area contributed by atoms with Crippen LogP contribution in [0, 0.1) is 11.3 Å². The highest BCUT2D eigenvalue weighted by Crippen LogP contribution is 2.29. The second-order valence-corrected chi connectivity index (χ2v) is 6.16. The second-order valence-electron chi connectivity index (χ2n) is 6.16. The van der Waals surface area contributed by atoms with Crippen LogP contribution in [0.2, 0.25) is 0 Å². The van der Waals surface area contributed by atoms with E-state index < -0.39 is 0 Å². The first-order chi connectivity index (χ1) is 10.8. The van der Waals surface area contributed by atoms with Gasteiger partial charge in [0.2, 0.25) is 5.82 Å². The first-order valence-electron chi connectivity index (χ1n) is 7.96. The molecule has 0 radical (unpaired) electrons. The molecular formula is C18H18N4. The lowest BCUT2D eigenvalue weighted by Crippen LogP contribution is -2.23. The van der Waals surface area contributed by atoms with E-state index in [4.69, 9.17) is 5.26 Å². The molecule has 4 rings (SSSR count). The van der Waals surface area contributed by atoms with E-state index in [1.807, 2.05) is 0 Å². The fraction of sp³-hybridized carbons (Fsp3) is 0.389. The minimum Gasteiger partial charge on any atom is -0.366 e. The zero-order valence-electron chi connectivity index (χ0n) is 12.5. The summed E-state index contributed by atoms with van der Waals surface area (Å²) in [5, 5.41) is 12.8. The van der Waals surface area contributed by atoms with Gasteiger partial charge < -0.3 is 5.32 Å². The Labute approximate surface area is 130 Å². The molecule has 0 unspecified atom stereocenters. The summed E-state index contributed by atoms with van der Waals surface area (Å²) in [5.41, 5.74) is 5.13. The van der Waals surface area contributed by atoms with Crippen LogP contribution in [0.25, 0.3) is 0 Å². The molecule has 0 spiro atoms. The van der Waals surface area contributed by atoms with Gasteiger partial charge in [-0.2, -0.15) is 5.26 Å². The van der Waals surface area contributed by atoms with Gasteiger partial charge >= 0.3 is 0 Å². The zero-order chi connectivity index (χ0) is 14.9. The van der Waals surface area contributed by atoms with Crippen molar-refractivity contribution in [2.45, 2.75) is 44.6 Å². The topological polar surface area (TPSA) is 61.6 Å². The number of aryl methyl sites for hydroxylation is 1. The van der Waals surface area contributed by atoms with Crippen LogP contribution in [-0.2, 0) is 25.7 Å². The van der Waals surface area contributed by atoms with Gasteiger partial charge in [0.1, 0.15) is 11.9 Å². The molecular weight excluding hydrogens is 272 g/mol. The van der Waals surface area contributed by atoms with E-state index >= 15 is 0 Å². The monoisotopic (exact) mass is 290 g/mol. The van der Waals surface area contributed by atoms with Crippen molar-refractivity contribution in [2.75, 3.05) is 5.32 Å². The number of hydrogen-bond donors (Lipinski definition) is 1. The van der Waals surface area contributed by atoms with E-state index in [0.29, 0.717) is 11.9 Å². The van der Waals surface area contributed by atoms with Crippen molar-refractivity contribution in [3.63, 3.8) is 0 Å². The molecule has 0 bridgehead atoms. The number of rotatable bonds is 2. The fourth-order valence-corrected chi connectivity index (χ4v) is 3.62. The Morgan fingerprint density at radius 1 is 1.05 bits per heavy atom. The summed E-state index contributed by atoms with van der Waals surface area (Å²) in [4.78, 5) is 8.84. The number of aromatic nitrogens is 2. The van der Waals surface area contributed by atoms with Crippen LogP contribution >= 0.6 is 0 Å². The van der Waals surface area contributed by atoms with Gasteiger partial charge in [0.15, 0.2) is 0 Å². The van der Waals surface area contributed by atoms with Gasteiger partial charge in [0.05, 0.1) is 5.69 Å². The molecule has 110 valence electrons. The summed E-state index contributed by atoms with van der Waals surface area (Å²) in [6, 6.07) is 11.1. The number of fused-ring (bicyclic) bond motifs is 2. The van der Waals surface area contributed by atoms with Crippen LogP contribution in [-0.4, -0.2) is 16.0 Å². The molecule has 2 aliphatic carbocycles. The number of nitrogens with zero attached hydrogens (tertiary/aromatic N) is 3. The maximum Gasteiger partial charge on any atom is 0.234 e. The van der Waals surface area contributed by atoms with Crippen LogP contribution in [0.5, 0.6) is 0 Å². The molecule has 0 saturated carbocycles. The van der Waals surface area contributed by atoms with Crippen LogP contribution in [0.15, 0.2) is 24.3 Å². The third kappa shape index (κ3) is 2.33. The van der Waals surface area contributed by atoms with Crippen molar-refractivity contribution in [3.8, 4) is 6.07 Å². The van der Waals surface area contributed by atoms with Crippen molar-refractivity contribution in [1.29, 1.82) is 5.26 Å². The molecule has 2 aliphatic rings. The Morgan fingerprint density at radius 2 is 1.77 bits per heavy atom. The maximum absolute atomic E-state index is 9.16. The molecule has 4 heteroatoms. The minimum atomic E-state index is 0.290. The van der Waals surface area contributed by atoms with Gasteiger partial charge in [-0.15, -0.1) is 0 Å². The number of anilines is 1. The molecule has 0 aliphatic heterocycles. The summed E-state index contributed by atoms with van der Waals surface area (Å²) in [5.74, 6) is 1.18. The predicted molar refractivity (Wildman–Crippen MR) is 84.6 cm³/mol. The summed E-state index contributed by atoms with van der Waals surface area (Å²) in [6.07, 6.45) is 6.37. The Balaban J connectivity index is 1.63. The lowest BCUT2D eigenvalue weighted by Gasteiger charge is -2.21. The maximum atomic E-state index is 9.16. The van der Waals surface area contributed by atoms with E-state index in [1.54, 1.807) is 0 Å². The van der Waals surface area contributed by atoms with Gasteiger partial charge in [-0.05, 0) is 49.7 Å². The molecule has 0 fully saturated rings. The van der Waals surface area contributed by atoms with Crippen molar-refractivity contribution in [3.05, 3.63) is 52.5 Å². The molecule has 1 aromatic heterocycles. The normalized spacial score (nSPS) is 16.7. The van der Waals surface area contributed by atoms with Crippen LogP contribution < -0.4 is 5.32 Å². The number of nitriles is 1. The quantitative estimate of drug-likeness (QED) is 0.924. The lowest BCUT2D eigenvalue weighted by molar-refractivity contribution is 0.657. The molecule has 0 saturated heterocycles. The average molecular weight is 290 g/mol. The van der Waals surface area contributed by atoms with E-state index in [0.717, 1.165) is 43.6 Å². The molecule has 2 aromatic rings.